The molecule has 5 heteroatoms. The summed E-state index contributed by atoms with van der Waals surface area (Å²) in [6, 6.07) is 17.1. The molecule has 1 amide bonds. The van der Waals surface area contributed by atoms with Gasteiger partial charge in [0.25, 0.3) is 5.91 Å². The van der Waals surface area contributed by atoms with Crippen molar-refractivity contribution in [1.82, 2.24) is 4.90 Å². The summed E-state index contributed by atoms with van der Waals surface area (Å²) in [6.45, 7) is 0.547. The Morgan fingerprint density at radius 1 is 1.13 bits per heavy atom. The molecule has 0 saturated carbocycles. The first-order valence-electron chi connectivity index (χ1n) is 9.99. The summed E-state index contributed by atoms with van der Waals surface area (Å²) < 4.78 is 5.08. The molecule has 150 valence electrons. The highest BCUT2D eigenvalue weighted by Gasteiger charge is 2.56. The van der Waals surface area contributed by atoms with E-state index in [1.165, 1.54) is 0 Å². The predicted octanol–water partition coefficient (Wildman–Crippen LogP) is 5.13. The Kier molecular flexibility index (Phi) is 4.59. The number of amides is 1. The highest BCUT2D eigenvalue weighted by atomic mass is 35.5. The largest absolute Gasteiger partial charge is 0.472 e. The van der Waals surface area contributed by atoms with Crippen LogP contribution in [-0.2, 0) is 16.8 Å². The monoisotopic (exact) mass is 417 g/mol. The van der Waals surface area contributed by atoms with E-state index in [-0.39, 0.29) is 17.6 Å². The lowest BCUT2D eigenvalue weighted by Crippen LogP contribution is -2.54. The van der Waals surface area contributed by atoms with E-state index in [1.54, 1.807) is 30.7 Å². The van der Waals surface area contributed by atoms with Crippen LogP contribution in [0, 0.1) is 5.92 Å². The fraction of sp³-hybridized carbons (Fsp3) is 0.200. The molecule has 1 saturated heterocycles. The van der Waals surface area contributed by atoms with Crippen LogP contribution in [0.5, 0.6) is 0 Å². The number of benzene rings is 2. The third kappa shape index (κ3) is 2.91. The van der Waals surface area contributed by atoms with Crippen molar-refractivity contribution in [3.63, 3.8) is 0 Å². The van der Waals surface area contributed by atoms with Gasteiger partial charge in [-0.3, -0.25) is 9.59 Å². The van der Waals surface area contributed by atoms with Crippen molar-refractivity contribution in [3.8, 4) is 0 Å². The number of allylic oxidation sites excluding steroid dienone is 1. The smallest absolute Gasteiger partial charge is 0.254 e. The van der Waals surface area contributed by atoms with Gasteiger partial charge in [-0.2, -0.15) is 0 Å². The molecule has 0 spiro atoms. The number of ketones is 1. The van der Waals surface area contributed by atoms with Crippen LogP contribution in [0.15, 0.2) is 77.6 Å². The molecule has 1 aromatic heterocycles. The summed E-state index contributed by atoms with van der Waals surface area (Å²) in [7, 11) is 0. The van der Waals surface area contributed by atoms with Crippen LogP contribution in [0.2, 0.25) is 5.02 Å². The number of fused-ring (bicyclic) bond motifs is 2. The van der Waals surface area contributed by atoms with Crippen LogP contribution in [0.1, 0.15) is 33.5 Å². The minimum absolute atomic E-state index is 0.0130. The Balaban J connectivity index is 1.62. The van der Waals surface area contributed by atoms with Crippen LogP contribution < -0.4 is 0 Å². The van der Waals surface area contributed by atoms with Gasteiger partial charge < -0.3 is 9.32 Å². The minimum Gasteiger partial charge on any atom is -0.472 e. The lowest BCUT2D eigenvalue weighted by Gasteiger charge is -2.46. The molecular formula is C25H20ClNO3. The van der Waals surface area contributed by atoms with E-state index >= 15 is 0 Å². The van der Waals surface area contributed by atoms with Gasteiger partial charge in [-0.15, -0.1) is 0 Å². The van der Waals surface area contributed by atoms with Gasteiger partial charge in [0.15, 0.2) is 5.78 Å². The molecular weight excluding hydrogens is 398 g/mol. The molecule has 5 rings (SSSR count). The van der Waals surface area contributed by atoms with Gasteiger partial charge in [0, 0.05) is 29.1 Å². The first-order valence-corrected chi connectivity index (χ1v) is 10.4. The lowest BCUT2D eigenvalue weighted by atomic mass is 9.70. The van der Waals surface area contributed by atoms with E-state index in [1.807, 2.05) is 53.4 Å². The minimum atomic E-state index is -0.714. The second-order valence-corrected chi connectivity index (χ2v) is 8.29. The maximum absolute atomic E-state index is 13.4. The first kappa shape index (κ1) is 18.9. The molecule has 0 bridgehead atoms. The summed E-state index contributed by atoms with van der Waals surface area (Å²) >= 11 is 6.14. The van der Waals surface area contributed by atoms with Crippen molar-refractivity contribution in [1.29, 1.82) is 0 Å². The summed E-state index contributed by atoms with van der Waals surface area (Å²) in [5.41, 5.74) is 2.77. The molecule has 3 aromatic rings. The number of furan rings is 1. The fourth-order valence-electron chi connectivity index (χ4n) is 4.94. The van der Waals surface area contributed by atoms with Crippen LogP contribution in [0.3, 0.4) is 0 Å². The zero-order chi connectivity index (χ0) is 20.7. The van der Waals surface area contributed by atoms with E-state index in [4.69, 9.17) is 16.0 Å². The zero-order valence-electron chi connectivity index (χ0n) is 16.3. The van der Waals surface area contributed by atoms with Gasteiger partial charge in [0.1, 0.15) is 0 Å². The molecule has 2 aromatic carbocycles. The number of halogens is 1. The third-order valence-electron chi connectivity index (χ3n) is 6.32. The van der Waals surface area contributed by atoms with Crippen LogP contribution in [0.25, 0.3) is 6.08 Å². The predicted molar refractivity (Wildman–Crippen MR) is 115 cm³/mol. The van der Waals surface area contributed by atoms with Crippen molar-refractivity contribution >= 4 is 29.4 Å². The molecule has 0 radical (unpaired) electrons. The number of rotatable bonds is 4. The molecule has 1 fully saturated rings. The Morgan fingerprint density at radius 3 is 2.70 bits per heavy atom. The molecule has 30 heavy (non-hydrogen) atoms. The summed E-state index contributed by atoms with van der Waals surface area (Å²) in [6.07, 6.45) is 7.78. The average molecular weight is 418 g/mol. The topological polar surface area (TPSA) is 50.5 Å². The molecule has 0 aliphatic carbocycles. The fourth-order valence-corrected chi connectivity index (χ4v) is 5.07. The quantitative estimate of drug-likeness (QED) is 0.553. The van der Waals surface area contributed by atoms with E-state index in [9.17, 15) is 9.59 Å². The first-order chi connectivity index (χ1) is 14.6. The standard InChI is InChI=1S/C25H20ClNO3/c26-20-8-6-19(7-9-20)25-15-18-3-1-2-4-21(18)24(29)27(25)13-11-22(25)23(28)10-5-17-12-14-30-16-17/h1-10,12,14,16,22H,11,13,15H2/b10-5+. The summed E-state index contributed by atoms with van der Waals surface area (Å²) in [4.78, 5) is 28.7. The number of carbonyl (C=O) groups excluding carboxylic acids is 2. The van der Waals surface area contributed by atoms with Crippen LogP contribution >= 0.6 is 11.6 Å². The highest BCUT2D eigenvalue weighted by Crippen LogP contribution is 2.50. The summed E-state index contributed by atoms with van der Waals surface area (Å²) in [5, 5.41) is 0.630. The molecule has 2 unspecified atom stereocenters. The molecule has 0 N–H and O–H groups in total. The third-order valence-corrected chi connectivity index (χ3v) is 6.58. The van der Waals surface area contributed by atoms with E-state index in [0.29, 0.717) is 24.4 Å². The SMILES string of the molecule is O=C(/C=C/c1ccoc1)C1CCN2C(=O)c3ccccc3CC12c1ccc(Cl)cc1. The van der Waals surface area contributed by atoms with Crippen molar-refractivity contribution < 1.29 is 14.0 Å². The van der Waals surface area contributed by atoms with Crippen molar-refractivity contribution in [2.24, 2.45) is 5.92 Å². The Hall–Kier alpha value is -3.11. The summed E-state index contributed by atoms with van der Waals surface area (Å²) in [5.74, 6) is -0.333. The molecule has 3 heterocycles. The maximum atomic E-state index is 13.4. The van der Waals surface area contributed by atoms with Gasteiger partial charge in [0.2, 0.25) is 0 Å². The van der Waals surface area contributed by atoms with Crippen molar-refractivity contribution in [2.45, 2.75) is 18.4 Å². The van der Waals surface area contributed by atoms with Crippen LogP contribution in [-0.4, -0.2) is 23.1 Å². The average Bonchev–Trinajstić information content (AvgIpc) is 3.41. The van der Waals surface area contributed by atoms with Gasteiger partial charge in [-0.1, -0.05) is 41.9 Å². The normalized spacial score (nSPS) is 22.9. The number of carbonyl (C=O) groups is 2. The van der Waals surface area contributed by atoms with Crippen molar-refractivity contribution in [3.05, 3.63) is 100 Å². The number of hydrogen-bond acceptors (Lipinski definition) is 3. The second-order valence-electron chi connectivity index (χ2n) is 7.86. The van der Waals surface area contributed by atoms with Gasteiger partial charge in [-0.05, 0) is 54.0 Å². The van der Waals surface area contributed by atoms with E-state index < -0.39 is 5.54 Å². The Labute approximate surface area is 179 Å². The second kappa shape index (κ2) is 7.29. The Morgan fingerprint density at radius 2 is 1.93 bits per heavy atom. The molecule has 2 aliphatic rings. The van der Waals surface area contributed by atoms with Crippen molar-refractivity contribution in [2.75, 3.05) is 6.54 Å². The number of hydrogen-bond donors (Lipinski definition) is 0. The van der Waals surface area contributed by atoms with Crippen LogP contribution in [0.4, 0.5) is 0 Å². The van der Waals surface area contributed by atoms with E-state index in [2.05, 4.69) is 0 Å². The maximum Gasteiger partial charge on any atom is 0.254 e. The van der Waals surface area contributed by atoms with Gasteiger partial charge >= 0.3 is 0 Å². The molecule has 4 nitrogen and oxygen atoms in total. The van der Waals surface area contributed by atoms with E-state index in [0.717, 1.165) is 22.3 Å². The van der Waals surface area contributed by atoms with Gasteiger partial charge in [-0.25, -0.2) is 0 Å². The Bertz CT molecular complexity index is 1130. The highest BCUT2D eigenvalue weighted by molar-refractivity contribution is 6.30. The van der Waals surface area contributed by atoms with Gasteiger partial charge in [0.05, 0.1) is 24.0 Å². The number of nitrogens with zero attached hydrogens (tertiary/aromatic N) is 1. The molecule has 2 aliphatic heterocycles. The molecule has 2 atom stereocenters. The zero-order valence-corrected chi connectivity index (χ0v) is 17.0. The lowest BCUT2D eigenvalue weighted by molar-refractivity contribution is -0.120.